The van der Waals surface area contributed by atoms with Crippen molar-refractivity contribution in [2.45, 2.75) is 45.3 Å². The zero-order chi connectivity index (χ0) is 13.1. The molecular formula is C12H22INO3. The minimum absolute atomic E-state index is 0.132. The summed E-state index contributed by atoms with van der Waals surface area (Å²) in [7, 11) is 0. The summed E-state index contributed by atoms with van der Waals surface area (Å²) in [6.45, 7) is 9.63. The third-order valence-electron chi connectivity index (χ3n) is 2.61. The Morgan fingerprint density at radius 1 is 1.41 bits per heavy atom. The van der Waals surface area contributed by atoms with Gasteiger partial charge in [-0.15, -0.1) is 0 Å². The van der Waals surface area contributed by atoms with Crippen LogP contribution in [-0.2, 0) is 9.47 Å². The molecule has 0 aliphatic carbocycles. The molecular weight excluding hydrogens is 333 g/mol. The predicted molar refractivity (Wildman–Crippen MR) is 75.7 cm³/mol. The van der Waals surface area contributed by atoms with Crippen molar-refractivity contribution in [2.24, 2.45) is 0 Å². The molecule has 1 rings (SSSR count). The highest BCUT2D eigenvalue weighted by Gasteiger charge is 2.46. The lowest BCUT2D eigenvalue weighted by molar-refractivity contribution is -0.137. The highest BCUT2D eigenvalue weighted by molar-refractivity contribution is 14.1. The van der Waals surface area contributed by atoms with Crippen LogP contribution in [0.25, 0.3) is 0 Å². The zero-order valence-electron chi connectivity index (χ0n) is 11.1. The molecule has 5 heteroatoms. The van der Waals surface area contributed by atoms with Gasteiger partial charge in [-0.1, -0.05) is 22.6 Å². The van der Waals surface area contributed by atoms with Crippen LogP contribution < -0.4 is 0 Å². The Morgan fingerprint density at radius 3 is 2.41 bits per heavy atom. The molecule has 0 N–H and O–H groups in total. The van der Waals surface area contributed by atoms with Crippen LogP contribution in [0.15, 0.2) is 0 Å². The van der Waals surface area contributed by atoms with E-state index in [2.05, 4.69) is 22.6 Å². The molecule has 1 heterocycles. The van der Waals surface area contributed by atoms with Crippen molar-refractivity contribution in [1.82, 2.24) is 4.90 Å². The van der Waals surface area contributed by atoms with Crippen molar-refractivity contribution >= 4 is 28.7 Å². The average molecular weight is 355 g/mol. The first kappa shape index (κ1) is 15.0. The van der Waals surface area contributed by atoms with Crippen LogP contribution in [0.1, 0.15) is 34.1 Å². The van der Waals surface area contributed by atoms with E-state index in [1.807, 2.05) is 27.7 Å². The molecule has 1 aliphatic rings. The summed E-state index contributed by atoms with van der Waals surface area (Å²) in [4.78, 5) is 13.5. The third kappa shape index (κ3) is 4.28. The number of halogens is 1. The predicted octanol–water partition coefficient (Wildman–Crippen LogP) is 2.84. The minimum Gasteiger partial charge on any atom is -0.444 e. The van der Waals surface area contributed by atoms with Gasteiger partial charge in [-0.2, -0.15) is 0 Å². The fourth-order valence-electron chi connectivity index (χ4n) is 1.90. The molecule has 100 valence electrons. The van der Waals surface area contributed by atoms with Crippen LogP contribution in [0.3, 0.4) is 0 Å². The molecule has 1 aliphatic heterocycles. The number of likely N-dealkylation sites (tertiary alicyclic amines) is 1. The van der Waals surface area contributed by atoms with Crippen LogP contribution >= 0.6 is 22.6 Å². The molecule has 0 unspecified atom stereocenters. The Bertz CT molecular complexity index is 261. The number of hydrogen-bond donors (Lipinski definition) is 0. The number of carbonyl (C=O) groups is 1. The number of ether oxygens (including phenoxy) is 2. The second-order valence-corrected chi connectivity index (χ2v) is 6.47. The second-order valence-electron chi connectivity index (χ2n) is 5.39. The van der Waals surface area contributed by atoms with Crippen LogP contribution in [-0.4, -0.2) is 46.3 Å². The van der Waals surface area contributed by atoms with Crippen LogP contribution in [0, 0.1) is 0 Å². The second kappa shape index (κ2) is 5.73. The first-order valence-corrected chi connectivity index (χ1v) is 7.52. The summed E-state index contributed by atoms with van der Waals surface area (Å²) < 4.78 is 12.1. The lowest BCUT2D eigenvalue weighted by atomic mass is 9.91. The van der Waals surface area contributed by atoms with Crippen molar-refractivity contribution in [1.29, 1.82) is 0 Å². The Morgan fingerprint density at radius 2 is 2.00 bits per heavy atom. The monoisotopic (exact) mass is 355 g/mol. The van der Waals surface area contributed by atoms with Crippen LogP contribution in [0.5, 0.6) is 0 Å². The van der Waals surface area contributed by atoms with E-state index in [9.17, 15) is 4.79 Å². The lowest BCUT2D eigenvalue weighted by Gasteiger charge is -2.49. The number of rotatable bonds is 4. The standard InChI is InChI=1S/C12H22INO3/c1-5-16-12(6-7-13)8-14(9-12)10(15)17-11(2,3)4/h5-9H2,1-4H3. The van der Waals surface area contributed by atoms with Crippen molar-refractivity contribution in [2.75, 3.05) is 24.1 Å². The number of carbonyl (C=O) groups excluding carboxylic acids is 1. The van der Waals surface area contributed by atoms with Gasteiger partial charge in [0.1, 0.15) is 11.2 Å². The van der Waals surface area contributed by atoms with E-state index in [1.165, 1.54) is 0 Å². The molecule has 0 bridgehead atoms. The minimum atomic E-state index is -0.426. The lowest BCUT2D eigenvalue weighted by Crippen LogP contribution is -2.65. The van der Waals surface area contributed by atoms with E-state index in [4.69, 9.17) is 9.47 Å². The maximum absolute atomic E-state index is 11.8. The third-order valence-corrected chi connectivity index (χ3v) is 3.15. The van der Waals surface area contributed by atoms with E-state index < -0.39 is 5.60 Å². The molecule has 0 aromatic carbocycles. The molecule has 0 atom stereocenters. The maximum Gasteiger partial charge on any atom is 0.410 e. The smallest absolute Gasteiger partial charge is 0.410 e. The van der Waals surface area contributed by atoms with E-state index >= 15 is 0 Å². The molecule has 0 radical (unpaired) electrons. The maximum atomic E-state index is 11.8. The molecule has 0 aromatic rings. The first-order chi connectivity index (χ1) is 7.82. The fraction of sp³-hybridized carbons (Fsp3) is 0.917. The Kier molecular flexibility index (Phi) is 5.07. The SMILES string of the molecule is CCOC1(CCI)CN(C(=O)OC(C)(C)C)C1. The largest absolute Gasteiger partial charge is 0.444 e. The van der Waals surface area contributed by atoms with Gasteiger partial charge in [-0.3, -0.25) is 0 Å². The van der Waals surface area contributed by atoms with Gasteiger partial charge in [0.05, 0.1) is 13.1 Å². The summed E-state index contributed by atoms with van der Waals surface area (Å²) in [5.41, 5.74) is -0.558. The van der Waals surface area contributed by atoms with Crippen molar-refractivity contribution in [3.8, 4) is 0 Å². The molecule has 0 saturated carbocycles. The van der Waals surface area contributed by atoms with Gasteiger partial charge < -0.3 is 14.4 Å². The quantitative estimate of drug-likeness (QED) is 0.575. The summed E-state index contributed by atoms with van der Waals surface area (Å²) in [6, 6.07) is 0. The molecule has 1 fully saturated rings. The van der Waals surface area contributed by atoms with Gasteiger partial charge >= 0.3 is 6.09 Å². The van der Waals surface area contributed by atoms with E-state index in [0.717, 1.165) is 10.8 Å². The van der Waals surface area contributed by atoms with Gasteiger partial charge in [0.2, 0.25) is 0 Å². The summed E-state index contributed by atoms with van der Waals surface area (Å²) >= 11 is 2.34. The molecule has 1 amide bonds. The number of nitrogens with zero attached hydrogens (tertiary/aromatic N) is 1. The van der Waals surface area contributed by atoms with Crippen LogP contribution in [0.2, 0.25) is 0 Å². The first-order valence-electron chi connectivity index (χ1n) is 6.00. The van der Waals surface area contributed by atoms with Gasteiger partial charge in [0, 0.05) is 11.0 Å². The molecule has 17 heavy (non-hydrogen) atoms. The summed E-state index contributed by atoms with van der Waals surface area (Å²) in [5, 5.41) is 0. The Balaban J connectivity index is 2.45. The van der Waals surface area contributed by atoms with Gasteiger partial charge in [0.25, 0.3) is 0 Å². The summed E-state index contributed by atoms with van der Waals surface area (Å²) in [5.74, 6) is 0. The van der Waals surface area contributed by atoms with Crippen molar-refractivity contribution in [3.05, 3.63) is 0 Å². The van der Waals surface area contributed by atoms with E-state index in [1.54, 1.807) is 4.90 Å². The normalized spacial score (nSPS) is 18.8. The zero-order valence-corrected chi connectivity index (χ0v) is 13.2. The number of alkyl halides is 1. The Labute approximate surface area is 117 Å². The molecule has 1 saturated heterocycles. The van der Waals surface area contributed by atoms with Gasteiger partial charge in [-0.05, 0) is 34.1 Å². The highest BCUT2D eigenvalue weighted by Crippen LogP contribution is 2.30. The topological polar surface area (TPSA) is 38.8 Å². The van der Waals surface area contributed by atoms with E-state index in [-0.39, 0.29) is 11.7 Å². The fourth-order valence-corrected chi connectivity index (χ4v) is 2.89. The molecule has 0 aromatic heterocycles. The molecule has 4 nitrogen and oxygen atoms in total. The highest BCUT2D eigenvalue weighted by atomic mass is 127. The number of hydrogen-bond acceptors (Lipinski definition) is 3. The Hall–Kier alpha value is -0.0400. The van der Waals surface area contributed by atoms with Gasteiger partial charge in [0.15, 0.2) is 0 Å². The number of amides is 1. The van der Waals surface area contributed by atoms with Gasteiger partial charge in [-0.25, -0.2) is 4.79 Å². The van der Waals surface area contributed by atoms with E-state index in [0.29, 0.717) is 19.7 Å². The van der Waals surface area contributed by atoms with Crippen molar-refractivity contribution < 1.29 is 14.3 Å². The van der Waals surface area contributed by atoms with Crippen molar-refractivity contribution in [3.63, 3.8) is 0 Å². The van der Waals surface area contributed by atoms with Crippen LogP contribution in [0.4, 0.5) is 4.79 Å². The average Bonchev–Trinajstić information content (AvgIpc) is 2.10. The summed E-state index contributed by atoms with van der Waals surface area (Å²) in [6.07, 6.45) is 0.752. The molecule has 0 spiro atoms.